The van der Waals surface area contributed by atoms with Crippen LogP contribution in [0.3, 0.4) is 0 Å². The third-order valence-electron chi connectivity index (χ3n) is 2.70. The molecule has 3 unspecified atom stereocenters. The van der Waals surface area contributed by atoms with Crippen LogP contribution < -0.4 is 5.32 Å². The van der Waals surface area contributed by atoms with E-state index in [9.17, 15) is 4.79 Å². The predicted octanol–water partition coefficient (Wildman–Crippen LogP) is 1.47. The molecule has 5 heteroatoms. The van der Waals surface area contributed by atoms with Gasteiger partial charge in [0, 0.05) is 12.4 Å². The van der Waals surface area contributed by atoms with Crippen LogP contribution in [0.5, 0.6) is 0 Å². The molecule has 0 aromatic carbocycles. The van der Waals surface area contributed by atoms with Gasteiger partial charge in [-0.05, 0) is 26.2 Å². The average molecular weight is 294 g/mol. The quantitative estimate of drug-likeness (QED) is 0.755. The van der Waals surface area contributed by atoms with E-state index in [0.717, 1.165) is 24.6 Å². The first-order valence-corrected chi connectivity index (χ1v) is 6.80. The van der Waals surface area contributed by atoms with E-state index in [1.807, 2.05) is 6.92 Å². The van der Waals surface area contributed by atoms with Gasteiger partial charge in [-0.2, -0.15) is 0 Å². The molecule has 1 fully saturated rings. The topological polar surface area (TPSA) is 47.6 Å². The summed E-state index contributed by atoms with van der Waals surface area (Å²) < 4.78 is 10.6. The van der Waals surface area contributed by atoms with Crippen molar-refractivity contribution >= 4 is 21.8 Å². The molecule has 1 amide bonds. The third kappa shape index (κ3) is 4.39. The maximum Gasteiger partial charge on any atom is 0.249 e. The fourth-order valence-electron chi connectivity index (χ4n) is 1.82. The molecule has 0 bridgehead atoms. The van der Waals surface area contributed by atoms with Gasteiger partial charge in [-0.1, -0.05) is 15.9 Å². The first-order valence-electron chi connectivity index (χ1n) is 5.68. The Hall–Kier alpha value is -0.130. The van der Waals surface area contributed by atoms with Crippen LogP contribution >= 0.6 is 15.9 Å². The number of nitrogens with one attached hydrogen (secondary N) is 1. The van der Waals surface area contributed by atoms with Crippen molar-refractivity contribution < 1.29 is 14.3 Å². The normalized spacial score (nSPS) is 26.7. The lowest BCUT2D eigenvalue weighted by Gasteiger charge is -2.19. The van der Waals surface area contributed by atoms with Crippen molar-refractivity contribution in [3.63, 3.8) is 0 Å². The molecule has 1 heterocycles. The number of amides is 1. The van der Waals surface area contributed by atoms with Crippen molar-refractivity contribution in [1.29, 1.82) is 0 Å². The summed E-state index contributed by atoms with van der Waals surface area (Å²) in [5.41, 5.74) is 0. The molecule has 1 N–H and O–H groups in total. The number of ether oxygens (including phenoxy) is 2. The Kier molecular flexibility index (Phi) is 6.31. The maximum atomic E-state index is 11.8. The SMILES string of the molecule is COCC(CCBr)NC(=O)C1CCC(C)O1. The number of hydrogen-bond acceptors (Lipinski definition) is 3. The van der Waals surface area contributed by atoms with Gasteiger partial charge >= 0.3 is 0 Å². The molecule has 4 nitrogen and oxygen atoms in total. The zero-order valence-corrected chi connectivity index (χ0v) is 11.5. The molecule has 0 aliphatic carbocycles. The highest BCUT2D eigenvalue weighted by Crippen LogP contribution is 2.19. The predicted molar refractivity (Wildman–Crippen MR) is 65.8 cm³/mol. The highest BCUT2D eigenvalue weighted by atomic mass is 79.9. The van der Waals surface area contributed by atoms with Crippen LogP contribution in [-0.2, 0) is 14.3 Å². The van der Waals surface area contributed by atoms with Crippen LogP contribution in [0.2, 0.25) is 0 Å². The van der Waals surface area contributed by atoms with E-state index in [-0.39, 0.29) is 24.2 Å². The van der Waals surface area contributed by atoms with Crippen molar-refractivity contribution in [2.45, 2.75) is 44.4 Å². The van der Waals surface area contributed by atoms with E-state index < -0.39 is 0 Å². The number of halogens is 1. The standard InChI is InChI=1S/C11H20BrNO3/c1-8-3-4-10(16-8)11(14)13-9(5-6-12)7-15-2/h8-10H,3-7H2,1-2H3,(H,13,14). The molecule has 0 radical (unpaired) electrons. The van der Waals surface area contributed by atoms with Gasteiger partial charge in [0.1, 0.15) is 6.10 Å². The van der Waals surface area contributed by atoms with Crippen molar-refractivity contribution in [1.82, 2.24) is 5.32 Å². The fraction of sp³-hybridized carbons (Fsp3) is 0.909. The Balaban J connectivity index is 2.35. The maximum absolute atomic E-state index is 11.8. The Bertz CT molecular complexity index is 219. The third-order valence-corrected chi connectivity index (χ3v) is 3.15. The van der Waals surface area contributed by atoms with Gasteiger partial charge in [0.2, 0.25) is 5.91 Å². The van der Waals surface area contributed by atoms with Crippen LogP contribution in [0.15, 0.2) is 0 Å². The van der Waals surface area contributed by atoms with Gasteiger partial charge in [0.25, 0.3) is 0 Å². The molecule has 94 valence electrons. The Morgan fingerprint density at radius 1 is 1.62 bits per heavy atom. The fourth-order valence-corrected chi connectivity index (χ4v) is 2.37. The number of carbonyl (C=O) groups excluding carboxylic acids is 1. The minimum absolute atomic E-state index is 0.00708. The summed E-state index contributed by atoms with van der Waals surface area (Å²) >= 11 is 3.36. The molecule has 16 heavy (non-hydrogen) atoms. The monoisotopic (exact) mass is 293 g/mol. The van der Waals surface area contributed by atoms with Crippen LogP contribution in [0, 0.1) is 0 Å². The van der Waals surface area contributed by atoms with Crippen molar-refractivity contribution in [3.8, 4) is 0 Å². The van der Waals surface area contributed by atoms with E-state index in [1.165, 1.54) is 0 Å². The molecule has 3 atom stereocenters. The van der Waals surface area contributed by atoms with Crippen LogP contribution in [0.4, 0.5) is 0 Å². The van der Waals surface area contributed by atoms with Gasteiger partial charge in [-0.25, -0.2) is 0 Å². The summed E-state index contributed by atoms with van der Waals surface area (Å²) in [6.45, 7) is 2.54. The number of hydrogen-bond donors (Lipinski definition) is 1. The molecule has 0 saturated carbocycles. The van der Waals surface area contributed by atoms with Crippen LogP contribution in [-0.4, -0.2) is 43.2 Å². The number of methoxy groups -OCH3 is 1. The lowest BCUT2D eigenvalue weighted by Crippen LogP contribution is -2.43. The molecule has 0 aromatic rings. The summed E-state index contributed by atoms with van der Waals surface area (Å²) in [4.78, 5) is 11.8. The highest BCUT2D eigenvalue weighted by molar-refractivity contribution is 9.09. The Labute approximate surface area is 105 Å². The van der Waals surface area contributed by atoms with E-state index in [4.69, 9.17) is 9.47 Å². The number of rotatable bonds is 6. The second kappa shape index (κ2) is 7.25. The second-order valence-electron chi connectivity index (χ2n) is 4.15. The summed E-state index contributed by atoms with van der Waals surface area (Å²) in [7, 11) is 1.64. The smallest absolute Gasteiger partial charge is 0.249 e. The molecule has 0 aromatic heterocycles. The summed E-state index contributed by atoms with van der Waals surface area (Å²) in [6.07, 6.45) is 2.58. The van der Waals surface area contributed by atoms with E-state index in [0.29, 0.717) is 6.61 Å². The molecule has 1 aliphatic heterocycles. The number of carbonyl (C=O) groups is 1. The summed E-state index contributed by atoms with van der Waals surface area (Å²) in [5.74, 6) is -0.00708. The highest BCUT2D eigenvalue weighted by Gasteiger charge is 2.29. The number of alkyl halides is 1. The van der Waals surface area contributed by atoms with Crippen molar-refractivity contribution in [2.24, 2.45) is 0 Å². The zero-order chi connectivity index (χ0) is 12.0. The van der Waals surface area contributed by atoms with Crippen LogP contribution in [0.1, 0.15) is 26.2 Å². The molecule has 1 rings (SSSR count). The first-order chi connectivity index (χ1) is 7.67. The van der Waals surface area contributed by atoms with Crippen LogP contribution in [0.25, 0.3) is 0 Å². The Morgan fingerprint density at radius 2 is 2.38 bits per heavy atom. The second-order valence-corrected chi connectivity index (χ2v) is 4.94. The van der Waals surface area contributed by atoms with Gasteiger partial charge < -0.3 is 14.8 Å². The summed E-state index contributed by atoms with van der Waals surface area (Å²) in [5, 5.41) is 3.81. The largest absolute Gasteiger partial charge is 0.383 e. The van der Waals surface area contributed by atoms with Gasteiger partial charge in [-0.15, -0.1) is 0 Å². The lowest BCUT2D eigenvalue weighted by atomic mass is 10.1. The van der Waals surface area contributed by atoms with Gasteiger partial charge in [0.15, 0.2) is 0 Å². The van der Waals surface area contributed by atoms with Gasteiger partial charge in [-0.3, -0.25) is 4.79 Å². The average Bonchev–Trinajstić information content (AvgIpc) is 2.65. The lowest BCUT2D eigenvalue weighted by molar-refractivity contribution is -0.132. The first kappa shape index (κ1) is 13.9. The minimum atomic E-state index is -0.273. The van der Waals surface area contributed by atoms with E-state index >= 15 is 0 Å². The minimum Gasteiger partial charge on any atom is -0.383 e. The molecular formula is C11H20BrNO3. The molecular weight excluding hydrogens is 274 g/mol. The Morgan fingerprint density at radius 3 is 2.88 bits per heavy atom. The molecule has 1 saturated heterocycles. The van der Waals surface area contributed by atoms with Gasteiger partial charge in [0.05, 0.1) is 18.8 Å². The van der Waals surface area contributed by atoms with Crippen molar-refractivity contribution in [2.75, 3.05) is 19.0 Å². The van der Waals surface area contributed by atoms with E-state index in [2.05, 4.69) is 21.2 Å². The zero-order valence-electron chi connectivity index (χ0n) is 9.87. The van der Waals surface area contributed by atoms with E-state index in [1.54, 1.807) is 7.11 Å². The molecule has 0 spiro atoms. The molecule has 1 aliphatic rings. The summed E-state index contributed by atoms with van der Waals surface area (Å²) in [6, 6.07) is 0.0661. The van der Waals surface area contributed by atoms with Crippen molar-refractivity contribution in [3.05, 3.63) is 0 Å².